The smallest absolute Gasteiger partial charge is 0.142 e. The Labute approximate surface area is 103 Å². The van der Waals surface area contributed by atoms with Crippen molar-refractivity contribution < 1.29 is 4.74 Å². The number of nitrogens with two attached hydrogens (primary N) is 1. The number of unbranched alkanes of at least 4 members (excludes halogenated alkanes) is 2. The van der Waals surface area contributed by atoms with Crippen LogP contribution in [-0.2, 0) is 0 Å². The Morgan fingerprint density at radius 3 is 2.75 bits per heavy atom. The van der Waals surface area contributed by atoms with E-state index in [1.807, 2.05) is 36.0 Å². The van der Waals surface area contributed by atoms with Crippen molar-refractivity contribution in [1.82, 2.24) is 0 Å². The van der Waals surface area contributed by atoms with Crippen molar-refractivity contribution in [1.29, 1.82) is 0 Å². The summed E-state index contributed by atoms with van der Waals surface area (Å²) < 4.78 is 5.60. The summed E-state index contributed by atoms with van der Waals surface area (Å²) >= 11 is 1.95. The fourth-order valence-corrected chi connectivity index (χ4v) is 2.19. The molecule has 0 aliphatic rings. The highest BCUT2D eigenvalue weighted by atomic mass is 32.2. The Balaban J connectivity index is 2.05. The zero-order chi connectivity index (χ0) is 11.6. The number of ether oxygens (including phenoxy) is 1. The molecule has 0 aromatic heterocycles. The predicted octanol–water partition coefficient (Wildman–Crippen LogP) is 3.57. The van der Waals surface area contributed by atoms with Crippen LogP contribution in [0.5, 0.6) is 5.75 Å². The highest BCUT2D eigenvalue weighted by molar-refractivity contribution is 7.99. The maximum absolute atomic E-state index is 5.77. The van der Waals surface area contributed by atoms with Gasteiger partial charge in [0.05, 0.1) is 12.3 Å². The number of rotatable bonds is 8. The van der Waals surface area contributed by atoms with Crippen LogP contribution < -0.4 is 10.5 Å². The van der Waals surface area contributed by atoms with E-state index < -0.39 is 0 Å². The van der Waals surface area contributed by atoms with Crippen LogP contribution in [0.3, 0.4) is 0 Å². The molecule has 2 nitrogen and oxygen atoms in total. The van der Waals surface area contributed by atoms with Crippen molar-refractivity contribution in [2.45, 2.75) is 26.2 Å². The van der Waals surface area contributed by atoms with Gasteiger partial charge in [0.2, 0.25) is 0 Å². The zero-order valence-electron chi connectivity index (χ0n) is 9.95. The lowest BCUT2D eigenvalue weighted by Crippen LogP contribution is -2.02. The number of anilines is 1. The number of para-hydroxylation sites is 2. The summed E-state index contributed by atoms with van der Waals surface area (Å²) in [6, 6.07) is 7.64. The topological polar surface area (TPSA) is 35.2 Å². The lowest BCUT2D eigenvalue weighted by molar-refractivity contribution is 0.346. The van der Waals surface area contributed by atoms with E-state index in [9.17, 15) is 0 Å². The van der Waals surface area contributed by atoms with Gasteiger partial charge >= 0.3 is 0 Å². The quantitative estimate of drug-likeness (QED) is 0.556. The average Bonchev–Trinajstić information content (AvgIpc) is 2.30. The van der Waals surface area contributed by atoms with Gasteiger partial charge in [-0.1, -0.05) is 31.9 Å². The molecule has 0 bridgehead atoms. The molecule has 0 aliphatic carbocycles. The Morgan fingerprint density at radius 2 is 2.00 bits per heavy atom. The highest BCUT2D eigenvalue weighted by Gasteiger charge is 1.97. The molecule has 0 atom stereocenters. The van der Waals surface area contributed by atoms with Crippen molar-refractivity contribution in [3.8, 4) is 5.75 Å². The molecule has 0 heterocycles. The molecule has 16 heavy (non-hydrogen) atoms. The standard InChI is InChI=1S/C13H21NOS/c1-2-3-6-10-16-11-9-15-13-8-5-4-7-12(13)14/h4-5,7-8H,2-3,6,9-11,14H2,1H3. The SMILES string of the molecule is CCCCCSCCOc1ccccc1N. The number of benzene rings is 1. The summed E-state index contributed by atoms with van der Waals surface area (Å²) in [6.45, 7) is 2.97. The van der Waals surface area contributed by atoms with Crippen molar-refractivity contribution in [3.05, 3.63) is 24.3 Å². The van der Waals surface area contributed by atoms with Crippen molar-refractivity contribution in [2.75, 3.05) is 23.8 Å². The Bertz CT molecular complexity index is 291. The number of hydrogen-bond donors (Lipinski definition) is 1. The van der Waals surface area contributed by atoms with Crippen LogP contribution in [0.25, 0.3) is 0 Å². The molecule has 3 heteroatoms. The molecule has 1 rings (SSSR count). The molecule has 0 radical (unpaired) electrons. The van der Waals surface area contributed by atoms with E-state index in [1.165, 1.54) is 25.0 Å². The van der Waals surface area contributed by atoms with E-state index in [-0.39, 0.29) is 0 Å². The maximum atomic E-state index is 5.77. The van der Waals surface area contributed by atoms with E-state index in [4.69, 9.17) is 10.5 Å². The van der Waals surface area contributed by atoms with Crippen LogP contribution in [0, 0.1) is 0 Å². The lowest BCUT2D eigenvalue weighted by Gasteiger charge is -2.08. The highest BCUT2D eigenvalue weighted by Crippen LogP contribution is 2.19. The van der Waals surface area contributed by atoms with Gasteiger partial charge in [0, 0.05) is 5.75 Å². The minimum Gasteiger partial charge on any atom is -0.491 e. The molecule has 0 saturated heterocycles. The van der Waals surface area contributed by atoms with Crippen LogP contribution in [-0.4, -0.2) is 18.1 Å². The van der Waals surface area contributed by atoms with Gasteiger partial charge in [0.25, 0.3) is 0 Å². The third-order valence-electron chi connectivity index (χ3n) is 2.30. The molecule has 0 fully saturated rings. The van der Waals surface area contributed by atoms with E-state index >= 15 is 0 Å². The van der Waals surface area contributed by atoms with Gasteiger partial charge in [-0.15, -0.1) is 0 Å². The Morgan fingerprint density at radius 1 is 1.19 bits per heavy atom. The van der Waals surface area contributed by atoms with Gasteiger partial charge < -0.3 is 10.5 Å². The second-order valence-electron chi connectivity index (χ2n) is 3.71. The zero-order valence-corrected chi connectivity index (χ0v) is 10.8. The van der Waals surface area contributed by atoms with E-state index in [0.29, 0.717) is 0 Å². The lowest BCUT2D eigenvalue weighted by atomic mass is 10.3. The van der Waals surface area contributed by atoms with Crippen molar-refractivity contribution in [2.24, 2.45) is 0 Å². The second-order valence-corrected chi connectivity index (χ2v) is 4.93. The van der Waals surface area contributed by atoms with Crippen LogP contribution >= 0.6 is 11.8 Å². The van der Waals surface area contributed by atoms with Gasteiger partial charge in [-0.05, 0) is 24.3 Å². The first-order chi connectivity index (χ1) is 7.84. The number of hydrogen-bond acceptors (Lipinski definition) is 3. The monoisotopic (exact) mass is 239 g/mol. The second kappa shape index (κ2) is 8.34. The summed E-state index contributed by atoms with van der Waals surface area (Å²) in [5.41, 5.74) is 6.49. The summed E-state index contributed by atoms with van der Waals surface area (Å²) in [5, 5.41) is 0. The van der Waals surface area contributed by atoms with Gasteiger partial charge in [-0.25, -0.2) is 0 Å². The fourth-order valence-electron chi connectivity index (χ4n) is 1.38. The van der Waals surface area contributed by atoms with Gasteiger partial charge in [0.15, 0.2) is 0 Å². The third kappa shape index (κ3) is 5.31. The summed E-state index contributed by atoms with van der Waals surface area (Å²) in [4.78, 5) is 0. The summed E-state index contributed by atoms with van der Waals surface area (Å²) in [5.74, 6) is 3.08. The Kier molecular flexibility index (Phi) is 6.90. The van der Waals surface area contributed by atoms with Gasteiger partial charge in [-0.3, -0.25) is 0 Å². The molecule has 0 amide bonds. The van der Waals surface area contributed by atoms with E-state index in [0.717, 1.165) is 23.8 Å². The first-order valence-electron chi connectivity index (χ1n) is 5.89. The van der Waals surface area contributed by atoms with Crippen LogP contribution in [0.15, 0.2) is 24.3 Å². The normalized spacial score (nSPS) is 10.3. The summed E-state index contributed by atoms with van der Waals surface area (Å²) in [7, 11) is 0. The average molecular weight is 239 g/mol. The third-order valence-corrected chi connectivity index (χ3v) is 3.33. The van der Waals surface area contributed by atoms with Crippen molar-refractivity contribution >= 4 is 17.4 Å². The van der Waals surface area contributed by atoms with Crippen LogP contribution in [0.2, 0.25) is 0 Å². The molecular weight excluding hydrogens is 218 g/mol. The fraction of sp³-hybridized carbons (Fsp3) is 0.538. The minimum absolute atomic E-state index is 0.721. The number of nitrogen functional groups attached to an aromatic ring is 1. The molecule has 0 spiro atoms. The van der Waals surface area contributed by atoms with Crippen LogP contribution in [0.4, 0.5) is 5.69 Å². The van der Waals surface area contributed by atoms with E-state index in [2.05, 4.69) is 6.92 Å². The first kappa shape index (κ1) is 13.2. The maximum Gasteiger partial charge on any atom is 0.142 e. The number of thioether (sulfide) groups is 1. The molecule has 1 aromatic carbocycles. The summed E-state index contributed by atoms with van der Waals surface area (Å²) in [6.07, 6.45) is 3.94. The largest absolute Gasteiger partial charge is 0.491 e. The molecule has 1 aromatic rings. The Hall–Kier alpha value is -0.830. The molecule has 2 N–H and O–H groups in total. The molecule has 0 saturated carbocycles. The van der Waals surface area contributed by atoms with E-state index in [1.54, 1.807) is 0 Å². The van der Waals surface area contributed by atoms with Gasteiger partial charge in [0.1, 0.15) is 5.75 Å². The van der Waals surface area contributed by atoms with Crippen LogP contribution in [0.1, 0.15) is 26.2 Å². The molecule has 90 valence electrons. The molecule has 0 aliphatic heterocycles. The molecule has 0 unspecified atom stereocenters. The minimum atomic E-state index is 0.721. The first-order valence-corrected chi connectivity index (χ1v) is 7.05. The van der Waals surface area contributed by atoms with Crippen molar-refractivity contribution in [3.63, 3.8) is 0 Å². The molecular formula is C13H21NOS. The van der Waals surface area contributed by atoms with Gasteiger partial charge in [-0.2, -0.15) is 11.8 Å². The predicted molar refractivity (Wildman–Crippen MR) is 73.2 cm³/mol.